The topological polar surface area (TPSA) is 79.3 Å². The minimum atomic E-state index is -0.915. The molecule has 0 aliphatic heterocycles. The molecule has 1 heterocycles. The Labute approximate surface area is 98.9 Å². The van der Waals surface area contributed by atoms with Crippen molar-refractivity contribution < 1.29 is 14.7 Å². The van der Waals surface area contributed by atoms with Crippen molar-refractivity contribution in [3.05, 3.63) is 24.5 Å². The van der Waals surface area contributed by atoms with Gasteiger partial charge in [0.05, 0.1) is 23.7 Å². The molecule has 5 heteroatoms. The predicted molar refractivity (Wildman–Crippen MR) is 61.3 cm³/mol. The average molecular weight is 234 g/mol. The van der Waals surface area contributed by atoms with E-state index in [1.807, 2.05) is 0 Å². The Morgan fingerprint density at radius 1 is 1.41 bits per heavy atom. The number of carboxylic acid groups (broad SMARTS) is 1. The van der Waals surface area contributed by atoms with E-state index in [0.717, 1.165) is 0 Å². The van der Waals surface area contributed by atoms with Gasteiger partial charge in [-0.15, -0.1) is 0 Å². The Morgan fingerprint density at radius 2 is 2.12 bits per heavy atom. The summed E-state index contributed by atoms with van der Waals surface area (Å²) >= 11 is 0. The number of hydrogen-bond acceptors (Lipinski definition) is 3. The highest BCUT2D eigenvalue weighted by molar-refractivity contribution is 5.99. The Kier molecular flexibility index (Phi) is 2.61. The number of amides is 1. The first-order valence-corrected chi connectivity index (χ1v) is 5.38. The third-order valence-corrected chi connectivity index (χ3v) is 3.30. The summed E-state index contributed by atoms with van der Waals surface area (Å²) in [5.41, 5.74) is 0.113. The summed E-state index contributed by atoms with van der Waals surface area (Å²) in [6, 6.07) is 3.43. The smallest absolute Gasteiger partial charge is 0.307 e. The highest BCUT2D eigenvalue weighted by Gasteiger charge is 2.65. The van der Waals surface area contributed by atoms with E-state index in [4.69, 9.17) is 5.11 Å². The molecule has 1 aromatic rings. The summed E-state index contributed by atoms with van der Waals surface area (Å²) in [7, 11) is 0. The zero-order valence-corrected chi connectivity index (χ0v) is 9.68. The van der Waals surface area contributed by atoms with Crippen LogP contribution in [0.5, 0.6) is 0 Å². The maximum absolute atomic E-state index is 11.9. The number of hydrogen-bond donors (Lipinski definition) is 2. The molecule has 0 spiro atoms. The van der Waals surface area contributed by atoms with Gasteiger partial charge in [0.2, 0.25) is 5.91 Å². The van der Waals surface area contributed by atoms with Crippen LogP contribution in [0.2, 0.25) is 0 Å². The van der Waals surface area contributed by atoms with Crippen LogP contribution < -0.4 is 5.32 Å². The van der Waals surface area contributed by atoms with Crippen LogP contribution in [0.1, 0.15) is 13.8 Å². The SMILES string of the molecule is CC1(C)[C@H](C(=O)O)[C@H]1C(=O)Nc1cccnc1. The molecular formula is C12H14N2O3. The fourth-order valence-corrected chi connectivity index (χ4v) is 2.24. The van der Waals surface area contributed by atoms with E-state index < -0.39 is 23.2 Å². The molecule has 0 unspecified atom stereocenters. The van der Waals surface area contributed by atoms with Crippen molar-refractivity contribution >= 4 is 17.6 Å². The molecule has 0 radical (unpaired) electrons. The molecular weight excluding hydrogens is 220 g/mol. The largest absolute Gasteiger partial charge is 0.481 e. The summed E-state index contributed by atoms with van der Waals surface area (Å²) in [5.74, 6) is -2.24. The number of aliphatic carboxylic acids is 1. The van der Waals surface area contributed by atoms with Gasteiger partial charge < -0.3 is 10.4 Å². The molecule has 1 saturated carbocycles. The maximum atomic E-state index is 11.9. The molecule has 2 atom stereocenters. The first-order chi connectivity index (χ1) is 7.94. The summed E-state index contributed by atoms with van der Waals surface area (Å²) < 4.78 is 0. The standard InChI is InChI=1S/C12H14N2O3/c1-12(2)8(9(12)11(16)17)10(15)14-7-4-3-5-13-6-7/h3-6,8-9H,1-2H3,(H,14,15)(H,16,17)/t8-,9-/m0/s1. The number of rotatable bonds is 3. The fourth-order valence-electron chi connectivity index (χ4n) is 2.24. The highest BCUT2D eigenvalue weighted by atomic mass is 16.4. The molecule has 1 aliphatic rings. The lowest BCUT2D eigenvalue weighted by Crippen LogP contribution is -2.17. The van der Waals surface area contributed by atoms with Crippen molar-refractivity contribution in [3.63, 3.8) is 0 Å². The number of carbonyl (C=O) groups excluding carboxylic acids is 1. The summed E-state index contributed by atoms with van der Waals surface area (Å²) in [6.45, 7) is 3.58. The fraction of sp³-hybridized carbons (Fsp3) is 0.417. The predicted octanol–water partition coefficient (Wildman–Crippen LogP) is 1.38. The number of nitrogens with one attached hydrogen (secondary N) is 1. The third-order valence-electron chi connectivity index (χ3n) is 3.30. The molecule has 1 amide bonds. The van der Waals surface area contributed by atoms with Gasteiger partial charge in [0.15, 0.2) is 0 Å². The van der Waals surface area contributed by atoms with E-state index in [9.17, 15) is 9.59 Å². The van der Waals surface area contributed by atoms with Gasteiger partial charge in [0, 0.05) is 6.20 Å². The third kappa shape index (κ3) is 2.00. The number of carboxylic acids is 1. The lowest BCUT2D eigenvalue weighted by molar-refractivity contribution is -0.140. The molecule has 2 N–H and O–H groups in total. The van der Waals surface area contributed by atoms with Gasteiger partial charge in [0.1, 0.15) is 0 Å². The lowest BCUT2D eigenvalue weighted by atomic mass is 10.1. The van der Waals surface area contributed by atoms with Crippen molar-refractivity contribution in [2.24, 2.45) is 17.3 Å². The average Bonchev–Trinajstić information content (AvgIpc) is 2.83. The minimum absolute atomic E-state index is 0.254. The van der Waals surface area contributed by atoms with Gasteiger partial charge in [-0.25, -0.2) is 0 Å². The maximum Gasteiger partial charge on any atom is 0.307 e. The molecule has 1 fully saturated rings. The van der Waals surface area contributed by atoms with Crippen LogP contribution in [0.4, 0.5) is 5.69 Å². The Bertz CT molecular complexity index is 456. The second-order valence-corrected chi connectivity index (χ2v) is 4.85. The molecule has 1 aromatic heterocycles. The quantitative estimate of drug-likeness (QED) is 0.828. The van der Waals surface area contributed by atoms with Gasteiger partial charge in [-0.2, -0.15) is 0 Å². The zero-order chi connectivity index (χ0) is 12.6. The van der Waals surface area contributed by atoms with Crippen LogP contribution >= 0.6 is 0 Å². The van der Waals surface area contributed by atoms with E-state index in [-0.39, 0.29) is 5.91 Å². The number of pyridine rings is 1. The van der Waals surface area contributed by atoms with Crippen molar-refractivity contribution in [1.82, 2.24) is 4.98 Å². The van der Waals surface area contributed by atoms with Gasteiger partial charge in [-0.1, -0.05) is 13.8 Å². The summed E-state index contributed by atoms with van der Waals surface area (Å²) in [6.07, 6.45) is 3.14. The normalized spacial score (nSPS) is 25.1. The number of anilines is 1. The monoisotopic (exact) mass is 234 g/mol. The van der Waals surface area contributed by atoms with E-state index in [1.165, 1.54) is 6.20 Å². The van der Waals surface area contributed by atoms with Gasteiger partial charge >= 0.3 is 5.97 Å². The second-order valence-electron chi connectivity index (χ2n) is 4.85. The van der Waals surface area contributed by atoms with E-state index in [2.05, 4.69) is 10.3 Å². The van der Waals surface area contributed by atoms with Crippen molar-refractivity contribution in [2.45, 2.75) is 13.8 Å². The van der Waals surface area contributed by atoms with Crippen LogP contribution in [0.3, 0.4) is 0 Å². The van der Waals surface area contributed by atoms with E-state index in [0.29, 0.717) is 5.69 Å². The summed E-state index contributed by atoms with van der Waals surface area (Å²) in [4.78, 5) is 26.7. The molecule has 1 aliphatic carbocycles. The van der Waals surface area contributed by atoms with Crippen molar-refractivity contribution in [2.75, 3.05) is 5.32 Å². The van der Waals surface area contributed by atoms with Crippen LogP contribution in [0.15, 0.2) is 24.5 Å². The van der Waals surface area contributed by atoms with Crippen molar-refractivity contribution in [1.29, 1.82) is 0 Å². The van der Waals surface area contributed by atoms with Crippen LogP contribution in [-0.4, -0.2) is 22.0 Å². The molecule has 0 saturated heterocycles. The van der Waals surface area contributed by atoms with Crippen LogP contribution in [0, 0.1) is 17.3 Å². The first kappa shape index (κ1) is 11.6. The number of nitrogens with zero attached hydrogens (tertiary/aromatic N) is 1. The van der Waals surface area contributed by atoms with Crippen molar-refractivity contribution in [3.8, 4) is 0 Å². The van der Waals surface area contributed by atoms with Gasteiger partial charge in [-0.05, 0) is 17.5 Å². The number of carbonyl (C=O) groups is 2. The molecule has 0 bridgehead atoms. The second kappa shape index (κ2) is 3.84. The Balaban J connectivity index is 2.06. The molecule has 17 heavy (non-hydrogen) atoms. The van der Waals surface area contributed by atoms with Gasteiger partial charge in [0.25, 0.3) is 0 Å². The van der Waals surface area contributed by atoms with Gasteiger partial charge in [-0.3, -0.25) is 14.6 Å². The van der Waals surface area contributed by atoms with E-state index >= 15 is 0 Å². The van der Waals surface area contributed by atoms with Crippen LogP contribution in [0.25, 0.3) is 0 Å². The molecule has 0 aromatic carbocycles. The number of aromatic nitrogens is 1. The van der Waals surface area contributed by atoms with Crippen LogP contribution in [-0.2, 0) is 9.59 Å². The Morgan fingerprint density at radius 3 is 2.59 bits per heavy atom. The molecule has 2 rings (SSSR count). The minimum Gasteiger partial charge on any atom is -0.481 e. The highest BCUT2D eigenvalue weighted by Crippen LogP contribution is 2.58. The molecule has 5 nitrogen and oxygen atoms in total. The zero-order valence-electron chi connectivity index (χ0n) is 9.68. The van der Waals surface area contributed by atoms with E-state index in [1.54, 1.807) is 32.2 Å². The lowest BCUT2D eigenvalue weighted by Gasteiger charge is -2.04. The first-order valence-electron chi connectivity index (χ1n) is 5.38. The Hall–Kier alpha value is -1.91. The molecule has 90 valence electrons. The summed E-state index contributed by atoms with van der Waals surface area (Å²) in [5, 5.41) is 11.7.